The Hall–Kier alpha value is -3.61. The number of allylic oxidation sites excluding steroid dienone is 1. The molecule has 2 aromatic carbocycles. The van der Waals surface area contributed by atoms with Gasteiger partial charge in [0.2, 0.25) is 5.91 Å². The van der Waals surface area contributed by atoms with E-state index in [0.717, 1.165) is 30.4 Å². The van der Waals surface area contributed by atoms with E-state index in [2.05, 4.69) is 41.5 Å². The zero-order valence-corrected chi connectivity index (χ0v) is 19.8. The molecule has 1 unspecified atom stereocenters. The van der Waals surface area contributed by atoms with E-state index < -0.39 is 18.1 Å². The van der Waals surface area contributed by atoms with Gasteiger partial charge in [0.1, 0.15) is 12.6 Å². The van der Waals surface area contributed by atoms with Crippen molar-refractivity contribution in [3.8, 4) is 11.1 Å². The minimum Gasteiger partial charge on any atom is -0.480 e. The molecule has 1 saturated carbocycles. The van der Waals surface area contributed by atoms with Crippen molar-refractivity contribution < 1.29 is 24.2 Å². The summed E-state index contributed by atoms with van der Waals surface area (Å²) < 4.78 is 5.61. The average Bonchev–Trinajstić information content (AvgIpc) is 3.15. The monoisotopic (exact) mass is 476 g/mol. The highest BCUT2D eigenvalue weighted by Crippen LogP contribution is 2.45. The molecular weight excluding hydrogens is 444 g/mol. The van der Waals surface area contributed by atoms with Crippen LogP contribution in [0.3, 0.4) is 0 Å². The maximum atomic E-state index is 12.6. The first-order valence-electron chi connectivity index (χ1n) is 12.1. The molecule has 0 spiro atoms. The van der Waals surface area contributed by atoms with E-state index in [0.29, 0.717) is 19.4 Å². The highest BCUT2D eigenvalue weighted by molar-refractivity contribution is 5.84. The van der Waals surface area contributed by atoms with Crippen molar-refractivity contribution >= 4 is 18.0 Å². The van der Waals surface area contributed by atoms with Gasteiger partial charge in [0, 0.05) is 18.9 Å². The third-order valence-corrected chi connectivity index (χ3v) is 7.19. The Labute approximate surface area is 205 Å². The molecule has 2 aliphatic rings. The summed E-state index contributed by atoms with van der Waals surface area (Å²) in [6, 6.07) is 15.4. The van der Waals surface area contributed by atoms with Gasteiger partial charge in [-0.2, -0.15) is 0 Å². The van der Waals surface area contributed by atoms with E-state index in [4.69, 9.17) is 4.74 Å². The quantitative estimate of drug-likeness (QED) is 0.411. The molecule has 2 aliphatic carbocycles. The lowest BCUT2D eigenvalue weighted by molar-refractivity contribution is -0.142. The smallest absolute Gasteiger partial charge is 0.407 e. The van der Waals surface area contributed by atoms with Crippen LogP contribution in [0.5, 0.6) is 0 Å². The summed E-state index contributed by atoms with van der Waals surface area (Å²) in [4.78, 5) is 36.5. The molecule has 0 saturated heterocycles. The number of carboxylic acid groups (broad SMARTS) is 1. The number of aliphatic carboxylic acids is 1. The molecule has 0 bridgehead atoms. The van der Waals surface area contributed by atoms with Gasteiger partial charge in [-0.3, -0.25) is 4.79 Å². The summed E-state index contributed by atoms with van der Waals surface area (Å²) in [5, 5.41) is 14.8. The van der Waals surface area contributed by atoms with Crippen LogP contribution in [0.2, 0.25) is 0 Å². The molecule has 7 heteroatoms. The van der Waals surface area contributed by atoms with Crippen LogP contribution in [0.4, 0.5) is 4.79 Å². The lowest BCUT2D eigenvalue weighted by Crippen LogP contribution is -2.48. The van der Waals surface area contributed by atoms with E-state index >= 15 is 0 Å². The highest BCUT2D eigenvalue weighted by Gasteiger charge is 2.40. The lowest BCUT2D eigenvalue weighted by atomic mass is 9.66. The Morgan fingerprint density at radius 3 is 2.26 bits per heavy atom. The number of hydrogen-bond donors (Lipinski definition) is 3. The Kier molecular flexibility index (Phi) is 7.54. The molecule has 1 atom stereocenters. The second kappa shape index (κ2) is 10.8. The van der Waals surface area contributed by atoms with Gasteiger partial charge in [-0.25, -0.2) is 9.59 Å². The van der Waals surface area contributed by atoms with Crippen molar-refractivity contribution in [2.45, 2.75) is 50.5 Å². The Morgan fingerprint density at radius 1 is 1.09 bits per heavy atom. The second-order valence-electron chi connectivity index (χ2n) is 9.53. The molecule has 7 nitrogen and oxygen atoms in total. The van der Waals surface area contributed by atoms with Gasteiger partial charge in [0.25, 0.3) is 0 Å². The zero-order valence-electron chi connectivity index (χ0n) is 19.8. The molecule has 35 heavy (non-hydrogen) atoms. The van der Waals surface area contributed by atoms with Crippen molar-refractivity contribution in [3.63, 3.8) is 0 Å². The molecular formula is C28H32N2O5. The van der Waals surface area contributed by atoms with Crippen LogP contribution < -0.4 is 10.6 Å². The third-order valence-electron chi connectivity index (χ3n) is 7.19. The number of carbonyl (C=O) groups is 3. The normalized spacial score (nSPS) is 16.2. The zero-order chi connectivity index (χ0) is 24.8. The summed E-state index contributed by atoms with van der Waals surface area (Å²) in [6.45, 7) is 4.15. The van der Waals surface area contributed by atoms with Crippen LogP contribution in [0.1, 0.15) is 55.6 Å². The van der Waals surface area contributed by atoms with Crippen molar-refractivity contribution in [2.75, 3.05) is 13.2 Å². The summed E-state index contributed by atoms with van der Waals surface area (Å²) in [6.07, 6.45) is 4.68. The maximum absolute atomic E-state index is 12.6. The third kappa shape index (κ3) is 5.56. The molecule has 0 radical (unpaired) electrons. The predicted octanol–water partition coefficient (Wildman–Crippen LogP) is 4.62. The molecule has 3 N–H and O–H groups in total. The topological polar surface area (TPSA) is 105 Å². The van der Waals surface area contributed by atoms with Crippen LogP contribution in [-0.4, -0.2) is 42.3 Å². The maximum Gasteiger partial charge on any atom is 0.407 e. The number of alkyl carbamates (subject to hydrolysis) is 1. The van der Waals surface area contributed by atoms with Gasteiger partial charge in [-0.05, 0) is 53.4 Å². The molecule has 0 heterocycles. The summed E-state index contributed by atoms with van der Waals surface area (Å²) in [5.74, 6) is -1.38. The van der Waals surface area contributed by atoms with Crippen molar-refractivity contribution in [2.24, 2.45) is 5.41 Å². The van der Waals surface area contributed by atoms with E-state index in [-0.39, 0.29) is 30.3 Å². The highest BCUT2D eigenvalue weighted by atomic mass is 16.5. The standard InChI is InChI=1S/C28H32N2O5/c1-2-3-13-24(26(32)33)30-25(31)16-28(14-8-15-28)18-29-27(34)35-17-23-21-11-6-4-9-19(21)20-10-5-7-12-22(20)23/h2,4-7,9-12,23-24H,1,3,8,13-18H2,(H,29,34)(H,30,31)(H,32,33). The number of ether oxygens (including phenoxy) is 1. The van der Waals surface area contributed by atoms with Crippen LogP contribution in [0.15, 0.2) is 61.2 Å². The van der Waals surface area contributed by atoms with Gasteiger partial charge in [0.05, 0.1) is 0 Å². The van der Waals surface area contributed by atoms with Crippen molar-refractivity contribution in [1.82, 2.24) is 10.6 Å². The van der Waals surface area contributed by atoms with Crippen molar-refractivity contribution in [3.05, 3.63) is 72.3 Å². The molecule has 2 aromatic rings. The number of rotatable bonds is 11. The number of benzene rings is 2. The number of carboxylic acids is 1. The van der Waals surface area contributed by atoms with Crippen molar-refractivity contribution in [1.29, 1.82) is 0 Å². The number of fused-ring (bicyclic) bond motifs is 3. The van der Waals surface area contributed by atoms with Gasteiger partial charge < -0.3 is 20.5 Å². The first kappa shape index (κ1) is 24.5. The average molecular weight is 477 g/mol. The van der Waals surface area contributed by atoms with Gasteiger partial charge in [-0.1, -0.05) is 61.0 Å². The first-order chi connectivity index (χ1) is 16.9. The second-order valence-corrected chi connectivity index (χ2v) is 9.53. The van der Waals surface area contributed by atoms with Crippen LogP contribution in [0.25, 0.3) is 11.1 Å². The van der Waals surface area contributed by atoms with Crippen LogP contribution in [-0.2, 0) is 14.3 Å². The number of amides is 2. The first-order valence-corrected chi connectivity index (χ1v) is 12.1. The fourth-order valence-corrected chi connectivity index (χ4v) is 5.13. The summed E-state index contributed by atoms with van der Waals surface area (Å²) in [7, 11) is 0. The van der Waals surface area contributed by atoms with E-state index in [9.17, 15) is 19.5 Å². The number of carbonyl (C=O) groups excluding carboxylic acids is 2. The molecule has 4 rings (SSSR count). The van der Waals surface area contributed by atoms with Gasteiger partial charge in [0.15, 0.2) is 0 Å². The summed E-state index contributed by atoms with van der Waals surface area (Å²) >= 11 is 0. The minimum absolute atomic E-state index is 0.0138. The molecule has 0 aliphatic heterocycles. The Bertz CT molecular complexity index is 1060. The number of hydrogen-bond acceptors (Lipinski definition) is 4. The predicted molar refractivity (Wildman–Crippen MR) is 133 cm³/mol. The van der Waals surface area contributed by atoms with Crippen LogP contribution >= 0.6 is 0 Å². The van der Waals surface area contributed by atoms with Gasteiger partial charge >= 0.3 is 12.1 Å². The SMILES string of the molecule is C=CCCC(NC(=O)CC1(CNC(=O)OCC2c3ccccc3-c3ccccc32)CCC1)C(=O)O. The fraction of sp³-hybridized carbons (Fsp3) is 0.393. The van der Waals surface area contributed by atoms with Crippen LogP contribution in [0, 0.1) is 5.41 Å². The van der Waals surface area contributed by atoms with Gasteiger partial charge in [-0.15, -0.1) is 6.58 Å². The Morgan fingerprint density at radius 2 is 1.71 bits per heavy atom. The Balaban J connectivity index is 1.30. The summed E-state index contributed by atoms with van der Waals surface area (Å²) in [5.41, 5.74) is 4.28. The largest absolute Gasteiger partial charge is 0.480 e. The number of nitrogens with one attached hydrogen (secondary N) is 2. The van der Waals surface area contributed by atoms with E-state index in [1.54, 1.807) is 6.08 Å². The van der Waals surface area contributed by atoms with E-state index in [1.165, 1.54) is 11.1 Å². The molecule has 2 amide bonds. The lowest BCUT2D eigenvalue weighted by Gasteiger charge is -2.41. The van der Waals surface area contributed by atoms with E-state index in [1.807, 2.05) is 24.3 Å². The molecule has 0 aromatic heterocycles. The minimum atomic E-state index is -1.06. The molecule has 184 valence electrons. The molecule has 1 fully saturated rings. The fourth-order valence-electron chi connectivity index (χ4n) is 5.13.